The Morgan fingerprint density at radius 2 is 1.82 bits per heavy atom. The second-order valence-corrected chi connectivity index (χ2v) is 9.91. The number of phenols is 1. The molecule has 0 aliphatic carbocycles. The number of nitriles is 1. The van der Waals surface area contributed by atoms with Crippen molar-refractivity contribution in [3.05, 3.63) is 105 Å². The lowest BCUT2D eigenvalue weighted by molar-refractivity contribution is -0.114. The Kier molecular flexibility index (Phi) is 8.81. The summed E-state index contributed by atoms with van der Waals surface area (Å²) in [6.45, 7) is 1.74. The van der Waals surface area contributed by atoms with Crippen molar-refractivity contribution in [2.45, 2.75) is 12.8 Å². The number of amides is 2. The van der Waals surface area contributed by atoms with Crippen LogP contribution >= 0.6 is 23.4 Å². The van der Waals surface area contributed by atoms with Crippen molar-refractivity contribution in [1.82, 2.24) is 5.32 Å². The summed E-state index contributed by atoms with van der Waals surface area (Å²) in [7, 11) is 1.42. The second-order valence-electron chi connectivity index (χ2n) is 8.52. The van der Waals surface area contributed by atoms with Gasteiger partial charge in [0.25, 0.3) is 5.91 Å². The maximum Gasteiger partial charge on any atom is 0.254 e. The number of allylic oxidation sites excluding steroid dienone is 2. The van der Waals surface area contributed by atoms with Crippen molar-refractivity contribution in [1.29, 1.82) is 5.26 Å². The highest BCUT2D eigenvalue weighted by molar-refractivity contribution is 8.03. The minimum absolute atomic E-state index is 0.0107. The van der Waals surface area contributed by atoms with Gasteiger partial charge in [0.05, 0.1) is 46.2 Å². The molecule has 1 aliphatic rings. The molecule has 39 heavy (non-hydrogen) atoms. The summed E-state index contributed by atoms with van der Waals surface area (Å²) < 4.78 is 5.29. The van der Waals surface area contributed by atoms with Crippen LogP contribution in [0.15, 0.2) is 94.7 Å². The van der Waals surface area contributed by atoms with Gasteiger partial charge in [0.1, 0.15) is 0 Å². The van der Waals surface area contributed by atoms with E-state index in [0.29, 0.717) is 38.3 Å². The van der Waals surface area contributed by atoms with Crippen LogP contribution in [0, 0.1) is 11.3 Å². The van der Waals surface area contributed by atoms with Crippen LogP contribution in [0.25, 0.3) is 0 Å². The third-order valence-electron chi connectivity index (χ3n) is 5.96. The molecule has 0 spiro atoms. The number of para-hydroxylation sites is 2. The summed E-state index contributed by atoms with van der Waals surface area (Å²) >= 11 is 7.29. The van der Waals surface area contributed by atoms with Crippen LogP contribution < -0.4 is 20.7 Å². The highest BCUT2D eigenvalue weighted by Gasteiger charge is 2.35. The minimum atomic E-state index is -0.788. The number of nitrogens with zero attached hydrogens (tertiary/aromatic N) is 1. The molecule has 3 aromatic carbocycles. The number of benzene rings is 3. The van der Waals surface area contributed by atoms with Gasteiger partial charge in [-0.25, -0.2) is 0 Å². The van der Waals surface area contributed by atoms with E-state index in [0.717, 1.165) is 11.8 Å². The van der Waals surface area contributed by atoms with E-state index >= 15 is 0 Å². The molecule has 3 aromatic rings. The highest BCUT2D eigenvalue weighted by atomic mass is 35.5. The molecule has 4 rings (SSSR count). The van der Waals surface area contributed by atoms with E-state index < -0.39 is 11.8 Å². The third-order valence-corrected chi connectivity index (χ3v) is 7.30. The van der Waals surface area contributed by atoms with Crippen LogP contribution in [0.5, 0.6) is 11.5 Å². The maximum atomic E-state index is 13.5. The third kappa shape index (κ3) is 6.37. The normalized spacial score (nSPS) is 14.8. The molecular formula is C29H25ClN4O4S. The molecule has 0 saturated heterocycles. The number of phenolic OH excluding ortho intramolecular Hbond substituents is 1. The van der Waals surface area contributed by atoms with Gasteiger partial charge in [0.15, 0.2) is 11.5 Å². The van der Waals surface area contributed by atoms with Gasteiger partial charge < -0.3 is 25.8 Å². The van der Waals surface area contributed by atoms with Crippen LogP contribution in [-0.4, -0.2) is 29.8 Å². The zero-order chi connectivity index (χ0) is 27.9. The second kappa shape index (κ2) is 12.4. The van der Waals surface area contributed by atoms with E-state index in [1.165, 1.54) is 13.2 Å². The van der Waals surface area contributed by atoms with Gasteiger partial charge in [-0.1, -0.05) is 59.8 Å². The smallest absolute Gasteiger partial charge is 0.254 e. The molecule has 198 valence electrons. The quantitative estimate of drug-likeness (QED) is 0.276. The molecule has 10 heteroatoms. The lowest BCUT2D eigenvalue weighted by atomic mass is 9.82. The number of rotatable bonds is 8. The van der Waals surface area contributed by atoms with E-state index in [1.807, 2.05) is 6.07 Å². The van der Waals surface area contributed by atoms with E-state index in [2.05, 4.69) is 22.0 Å². The molecule has 0 bridgehead atoms. The van der Waals surface area contributed by atoms with Crippen molar-refractivity contribution in [3.63, 3.8) is 0 Å². The SMILES string of the molecule is COc1cc(C2C(C#N)=C(SCC(=O)Nc3ccccc3Cl)NC(C)=C2C(=O)Nc2ccccc2)ccc1O. The molecule has 0 fully saturated rings. The van der Waals surface area contributed by atoms with Gasteiger partial charge in [-0.15, -0.1) is 0 Å². The lowest BCUT2D eigenvalue weighted by Gasteiger charge is -2.30. The molecule has 0 saturated carbocycles. The number of nitrogens with one attached hydrogen (secondary N) is 3. The van der Waals surface area contributed by atoms with Gasteiger partial charge >= 0.3 is 0 Å². The maximum absolute atomic E-state index is 13.5. The summed E-state index contributed by atoms with van der Waals surface area (Å²) in [5, 5.41) is 30.1. The fraction of sp³-hybridized carbons (Fsp3) is 0.138. The number of thioether (sulfide) groups is 1. The number of halogens is 1. The monoisotopic (exact) mass is 560 g/mol. The fourth-order valence-electron chi connectivity index (χ4n) is 4.14. The topological polar surface area (TPSA) is 123 Å². The van der Waals surface area contributed by atoms with E-state index in [1.54, 1.807) is 67.6 Å². The van der Waals surface area contributed by atoms with Crippen molar-refractivity contribution in [2.24, 2.45) is 0 Å². The number of hydrogen-bond acceptors (Lipinski definition) is 7. The van der Waals surface area contributed by atoms with Gasteiger partial charge in [0, 0.05) is 17.0 Å². The number of aromatic hydroxyl groups is 1. The standard InChI is InChI=1S/C29H25ClN4O4S/c1-17-26(28(37)33-19-8-4-3-5-9-19)27(18-12-13-23(35)24(14-18)38-2)20(15-31)29(32-17)39-16-25(36)34-22-11-7-6-10-21(22)30/h3-14,27,32,35H,16H2,1-2H3,(H,33,37)(H,34,36). The predicted molar refractivity (Wildman–Crippen MR) is 153 cm³/mol. The number of carbonyl (C=O) groups is 2. The van der Waals surface area contributed by atoms with Crippen molar-refractivity contribution in [3.8, 4) is 17.6 Å². The van der Waals surface area contributed by atoms with E-state index in [9.17, 15) is 20.0 Å². The Morgan fingerprint density at radius 3 is 2.51 bits per heavy atom. The minimum Gasteiger partial charge on any atom is -0.504 e. The first-order chi connectivity index (χ1) is 18.8. The number of dihydropyridines is 1. The van der Waals surface area contributed by atoms with Gasteiger partial charge in [-0.2, -0.15) is 5.26 Å². The van der Waals surface area contributed by atoms with Crippen molar-refractivity contribution < 1.29 is 19.4 Å². The molecular weight excluding hydrogens is 536 g/mol. The number of anilines is 2. The molecule has 0 radical (unpaired) electrons. The van der Waals surface area contributed by atoms with Gasteiger partial charge in [-0.05, 0) is 48.9 Å². The Balaban J connectivity index is 1.68. The molecule has 8 nitrogen and oxygen atoms in total. The summed E-state index contributed by atoms with van der Waals surface area (Å²) in [5.41, 5.74) is 2.76. The van der Waals surface area contributed by atoms with E-state index in [4.69, 9.17) is 16.3 Å². The van der Waals surface area contributed by atoms with Crippen LogP contribution in [0.1, 0.15) is 18.4 Å². The average molecular weight is 561 g/mol. The molecule has 1 heterocycles. The fourth-order valence-corrected chi connectivity index (χ4v) is 5.22. The number of carbonyl (C=O) groups excluding carboxylic acids is 2. The van der Waals surface area contributed by atoms with Gasteiger partial charge in [-0.3, -0.25) is 9.59 Å². The molecule has 2 amide bonds. The number of ether oxygens (including phenoxy) is 1. The Bertz CT molecular complexity index is 1520. The first kappa shape index (κ1) is 27.6. The molecule has 0 aromatic heterocycles. The highest BCUT2D eigenvalue weighted by Crippen LogP contribution is 2.43. The summed E-state index contributed by atoms with van der Waals surface area (Å²) in [5.74, 6) is -1.36. The van der Waals surface area contributed by atoms with Crippen LogP contribution in [0.3, 0.4) is 0 Å². The first-order valence-corrected chi connectivity index (χ1v) is 13.2. The van der Waals surface area contributed by atoms with Crippen LogP contribution in [0.2, 0.25) is 5.02 Å². The summed E-state index contributed by atoms with van der Waals surface area (Å²) in [6, 6.07) is 22.8. The molecule has 4 N–H and O–H groups in total. The molecule has 1 aliphatic heterocycles. The number of hydrogen-bond donors (Lipinski definition) is 4. The zero-order valence-electron chi connectivity index (χ0n) is 21.1. The van der Waals surface area contributed by atoms with Crippen LogP contribution in [0.4, 0.5) is 11.4 Å². The lowest BCUT2D eigenvalue weighted by Crippen LogP contribution is -2.31. The molecule has 1 atom stereocenters. The predicted octanol–water partition coefficient (Wildman–Crippen LogP) is 5.76. The largest absolute Gasteiger partial charge is 0.504 e. The first-order valence-electron chi connectivity index (χ1n) is 11.8. The van der Waals surface area contributed by atoms with Crippen molar-refractivity contribution >= 4 is 46.6 Å². The number of methoxy groups -OCH3 is 1. The van der Waals surface area contributed by atoms with Gasteiger partial charge in [0.2, 0.25) is 5.91 Å². The summed E-state index contributed by atoms with van der Waals surface area (Å²) in [4.78, 5) is 26.2. The Morgan fingerprint density at radius 1 is 1.10 bits per heavy atom. The summed E-state index contributed by atoms with van der Waals surface area (Å²) in [6.07, 6.45) is 0. The zero-order valence-corrected chi connectivity index (χ0v) is 22.7. The Labute approximate surface area is 235 Å². The Hall–Kier alpha value is -4.39. The average Bonchev–Trinajstić information content (AvgIpc) is 2.93. The van der Waals surface area contributed by atoms with E-state index in [-0.39, 0.29) is 28.7 Å². The van der Waals surface area contributed by atoms with Crippen molar-refractivity contribution in [2.75, 3.05) is 23.5 Å². The molecule has 1 unspecified atom stereocenters. The van der Waals surface area contributed by atoms with Crippen LogP contribution in [-0.2, 0) is 9.59 Å².